The molecule has 13 nitrogen and oxygen atoms in total. The van der Waals surface area contributed by atoms with Gasteiger partial charge in [0, 0.05) is 60.9 Å². The minimum atomic E-state index is -1.77. The molecule has 63 heavy (non-hydrogen) atoms. The second-order valence-electron chi connectivity index (χ2n) is 18.0. The molecule has 1 unspecified atom stereocenters. The Morgan fingerprint density at radius 2 is 1.17 bits per heavy atom. The van der Waals surface area contributed by atoms with Gasteiger partial charge < -0.3 is 33.7 Å². The SMILES string of the molecule is COc1ccsc1CN(CC[C@@]1(c2ccccn2)CCOC2(CCCC2)C1)OC(=O)CC(O)C(=O)ON(CC[C@@]1(c2ccccn2)CCOC2(CCCC2)C1)Cc1sccc1OC. The summed E-state index contributed by atoms with van der Waals surface area (Å²) in [7, 11) is 3.23. The summed E-state index contributed by atoms with van der Waals surface area (Å²) in [5, 5.41) is 18.4. The number of aliphatic hydroxyl groups is 1. The molecule has 8 rings (SSSR count). The van der Waals surface area contributed by atoms with Crippen molar-refractivity contribution in [2.75, 3.05) is 40.5 Å². The normalized spacial score (nSPS) is 23.3. The predicted molar refractivity (Wildman–Crippen MR) is 239 cm³/mol. The number of methoxy groups -OCH3 is 2. The summed E-state index contributed by atoms with van der Waals surface area (Å²) in [5.41, 5.74) is 1.07. The van der Waals surface area contributed by atoms with Crippen molar-refractivity contribution < 1.29 is 43.3 Å². The van der Waals surface area contributed by atoms with E-state index in [9.17, 15) is 14.7 Å². The molecule has 2 aliphatic heterocycles. The highest BCUT2D eigenvalue weighted by Gasteiger charge is 2.50. The van der Waals surface area contributed by atoms with Crippen molar-refractivity contribution in [1.82, 2.24) is 20.1 Å². The number of carbonyl (C=O) groups excluding carboxylic acids is 2. The molecule has 2 saturated heterocycles. The minimum Gasteiger partial charge on any atom is -0.496 e. The second kappa shape index (κ2) is 20.5. The molecule has 0 radical (unpaired) electrons. The van der Waals surface area contributed by atoms with Crippen LogP contribution in [-0.4, -0.2) is 95.0 Å². The highest BCUT2D eigenvalue weighted by atomic mass is 32.1. The summed E-state index contributed by atoms with van der Waals surface area (Å²) in [6.07, 6.45) is 14.6. The largest absolute Gasteiger partial charge is 0.496 e. The maximum absolute atomic E-state index is 13.8. The van der Waals surface area contributed by atoms with E-state index in [4.69, 9.17) is 38.6 Å². The Bertz CT molecular complexity index is 2090. The average molecular weight is 903 g/mol. The van der Waals surface area contributed by atoms with Gasteiger partial charge in [0.25, 0.3) is 0 Å². The molecule has 4 aliphatic rings. The number of aromatic nitrogens is 2. The lowest BCUT2D eigenvalue weighted by Crippen LogP contribution is -2.48. The van der Waals surface area contributed by atoms with Gasteiger partial charge in [-0.15, -0.1) is 32.8 Å². The van der Waals surface area contributed by atoms with Gasteiger partial charge in [0.05, 0.1) is 54.7 Å². The third-order valence-electron chi connectivity index (χ3n) is 14.0. The summed E-state index contributed by atoms with van der Waals surface area (Å²) >= 11 is 3.01. The van der Waals surface area contributed by atoms with Gasteiger partial charge in [-0.1, -0.05) is 37.8 Å². The quantitative estimate of drug-likeness (QED) is 0.0900. The van der Waals surface area contributed by atoms with E-state index in [1.807, 2.05) is 59.6 Å². The zero-order chi connectivity index (χ0) is 43.8. The van der Waals surface area contributed by atoms with Crippen LogP contribution in [0.25, 0.3) is 0 Å². The summed E-state index contributed by atoms with van der Waals surface area (Å²) in [5.74, 6) is -0.289. The molecule has 0 bridgehead atoms. The topological polar surface area (TPSA) is 142 Å². The number of hydrogen-bond acceptors (Lipinski definition) is 15. The number of aliphatic hydroxyl groups excluding tert-OH is 1. The van der Waals surface area contributed by atoms with Gasteiger partial charge in [0.1, 0.15) is 11.5 Å². The molecule has 4 fully saturated rings. The van der Waals surface area contributed by atoms with E-state index in [2.05, 4.69) is 12.1 Å². The number of nitrogens with zero attached hydrogens (tertiary/aromatic N) is 4. The van der Waals surface area contributed by atoms with Crippen LogP contribution < -0.4 is 9.47 Å². The third kappa shape index (κ3) is 10.8. The molecule has 340 valence electrons. The van der Waals surface area contributed by atoms with Gasteiger partial charge in [0.2, 0.25) is 0 Å². The zero-order valence-corrected chi connectivity index (χ0v) is 38.3. The number of pyridine rings is 2. The molecule has 2 aliphatic carbocycles. The van der Waals surface area contributed by atoms with Crippen LogP contribution in [0.4, 0.5) is 0 Å². The van der Waals surface area contributed by atoms with E-state index in [-0.39, 0.29) is 35.1 Å². The van der Waals surface area contributed by atoms with E-state index >= 15 is 0 Å². The minimum absolute atomic E-state index is 0.177. The number of thiophene rings is 2. The molecule has 3 atom stereocenters. The molecule has 1 N–H and O–H groups in total. The van der Waals surface area contributed by atoms with Crippen LogP contribution in [0.15, 0.2) is 71.7 Å². The number of hydrogen-bond donors (Lipinski definition) is 1. The van der Waals surface area contributed by atoms with Gasteiger partial charge in [-0.2, -0.15) is 0 Å². The van der Waals surface area contributed by atoms with Crippen molar-refractivity contribution in [3.8, 4) is 11.5 Å². The smallest absolute Gasteiger partial charge is 0.354 e. The Hall–Kier alpha value is -3.96. The van der Waals surface area contributed by atoms with Crippen LogP contribution >= 0.6 is 22.7 Å². The van der Waals surface area contributed by atoms with E-state index < -0.39 is 24.5 Å². The molecule has 0 amide bonds. The molecular weight excluding hydrogens is 841 g/mol. The van der Waals surface area contributed by atoms with Gasteiger partial charge in [-0.3, -0.25) is 14.8 Å². The van der Waals surface area contributed by atoms with Gasteiger partial charge >= 0.3 is 11.9 Å². The first kappa shape index (κ1) is 45.6. The lowest BCUT2D eigenvalue weighted by Gasteiger charge is -2.47. The molecule has 15 heteroatoms. The van der Waals surface area contributed by atoms with Crippen LogP contribution in [0.3, 0.4) is 0 Å². The number of rotatable bonds is 19. The Morgan fingerprint density at radius 3 is 1.62 bits per heavy atom. The van der Waals surface area contributed by atoms with Crippen molar-refractivity contribution in [3.05, 3.63) is 92.8 Å². The lowest BCUT2D eigenvalue weighted by molar-refractivity contribution is -0.212. The molecule has 2 saturated carbocycles. The van der Waals surface area contributed by atoms with Crippen LogP contribution in [0.5, 0.6) is 11.5 Å². The molecular formula is C48H62N4O9S2. The zero-order valence-electron chi connectivity index (χ0n) is 36.7. The summed E-state index contributed by atoms with van der Waals surface area (Å²) in [6, 6.07) is 15.9. The number of ether oxygens (including phenoxy) is 4. The van der Waals surface area contributed by atoms with E-state index in [0.29, 0.717) is 50.6 Å². The average Bonchev–Trinajstić information content (AvgIpc) is 4.15. The highest BCUT2D eigenvalue weighted by Crippen LogP contribution is 2.51. The molecule has 4 aromatic heterocycles. The van der Waals surface area contributed by atoms with Crippen LogP contribution in [0, 0.1) is 0 Å². The van der Waals surface area contributed by atoms with Crippen LogP contribution in [0.1, 0.15) is 117 Å². The maximum Gasteiger partial charge on any atom is 0.354 e. The van der Waals surface area contributed by atoms with Crippen molar-refractivity contribution in [3.63, 3.8) is 0 Å². The molecule has 2 spiro atoms. The molecule has 4 aromatic rings. The Kier molecular flexibility index (Phi) is 14.8. The van der Waals surface area contributed by atoms with Gasteiger partial charge in [-0.05, 0) is 111 Å². The highest BCUT2D eigenvalue weighted by molar-refractivity contribution is 7.10. The first-order valence-corrected chi connectivity index (χ1v) is 24.3. The van der Waals surface area contributed by atoms with Gasteiger partial charge in [-0.25, -0.2) is 4.79 Å². The summed E-state index contributed by atoms with van der Waals surface area (Å²) in [4.78, 5) is 51.2. The Morgan fingerprint density at radius 1 is 0.698 bits per heavy atom. The fourth-order valence-electron chi connectivity index (χ4n) is 10.8. The van der Waals surface area contributed by atoms with Crippen molar-refractivity contribution in [1.29, 1.82) is 0 Å². The predicted octanol–water partition coefficient (Wildman–Crippen LogP) is 8.49. The first-order valence-electron chi connectivity index (χ1n) is 22.6. The number of carbonyl (C=O) groups is 2. The first-order chi connectivity index (χ1) is 30.7. The van der Waals surface area contributed by atoms with Crippen LogP contribution in [-0.2, 0) is 52.7 Å². The second-order valence-corrected chi connectivity index (χ2v) is 20.0. The van der Waals surface area contributed by atoms with Crippen LogP contribution in [0.2, 0.25) is 0 Å². The maximum atomic E-state index is 13.8. The molecule has 6 heterocycles. The fraction of sp³-hybridized carbons (Fsp3) is 0.583. The van der Waals surface area contributed by atoms with E-state index in [0.717, 1.165) is 98.2 Å². The monoisotopic (exact) mass is 902 g/mol. The fourth-order valence-corrected chi connectivity index (χ4v) is 12.5. The standard InChI is InChI=1S/C48H62N4O9S2/c1-56-37-13-29-62-39(37)32-51(25-19-45(41-11-3-9-23-49-41)21-27-58-47(34-45)15-5-6-16-47)60-43(54)31-36(53)44(55)61-52(33-40-38(57-2)14-30-63-40)26-20-46(42-12-4-10-24-50-42)22-28-59-48(35-46)17-7-8-18-48/h3-4,9-14,23-24,29-30,36,53H,5-8,15-22,25-28,31-35H2,1-2H3/t36?,45-,46-/m1/s1. The van der Waals surface area contributed by atoms with Crippen molar-refractivity contribution in [2.45, 2.75) is 138 Å². The van der Waals surface area contributed by atoms with Gasteiger partial charge in [0.15, 0.2) is 6.10 Å². The Labute approximate surface area is 378 Å². The van der Waals surface area contributed by atoms with E-state index in [1.165, 1.54) is 22.7 Å². The lowest BCUT2D eigenvalue weighted by atomic mass is 9.68. The summed E-state index contributed by atoms with van der Waals surface area (Å²) in [6.45, 7) is 2.53. The van der Waals surface area contributed by atoms with Crippen molar-refractivity contribution >= 4 is 34.6 Å². The third-order valence-corrected chi connectivity index (χ3v) is 15.8. The Balaban J connectivity index is 0.966. The van der Waals surface area contributed by atoms with Crippen molar-refractivity contribution in [2.24, 2.45) is 0 Å². The number of hydroxylamine groups is 4. The summed E-state index contributed by atoms with van der Waals surface area (Å²) < 4.78 is 24.2. The van der Waals surface area contributed by atoms with E-state index in [1.54, 1.807) is 24.3 Å². The molecule has 0 aromatic carbocycles.